The molecule has 0 rings (SSSR count). The highest BCUT2D eigenvalue weighted by Crippen LogP contribution is 2.16. The Balaban J connectivity index is 4.76. The maximum absolute atomic E-state index is 11.5. The number of hydrogen-bond donors (Lipinski definition) is 2. The molecule has 0 saturated carbocycles. The first-order valence-electron chi connectivity index (χ1n) is 4.56. The third-order valence-corrected chi connectivity index (χ3v) is 2.05. The first-order chi connectivity index (χ1) is 6.41. The van der Waals surface area contributed by atoms with Gasteiger partial charge in [0.1, 0.15) is 6.04 Å². The van der Waals surface area contributed by atoms with E-state index in [-0.39, 0.29) is 11.7 Å². The van der Waals surface area contributed by atoms with Crippen LogP contribution in [0, 0.1) is 11.8 Å². The monoisotopic (exact) mass is 199 g/mol. The predicted molar refractivity (Wildman–Crippen MR) is 53.8 cm³/mol. The zero-order valence-electron chi connectivity index (χ0n) is 8.73. The van der Waals surface area contributed by atoms with Crippen molar-refractivity contribution in [2.75, 3.05) is 0 Å². The molecule has 0 saturated heterocycles. The molecular formula is C10H17NO3. The summed E-state index contributed by atoms with van der Waals surface area (Å²) in [6.07, 6.45) is 2.96. The molecule has 4 nitrogen and oxygen atoms in total. The molecule has 0 aliphatic heterocycles. The number of carboxylic acid groups (broad SMARTS) is 1. The lowest BCUT2D eigenvalue weighted by Crippen LogP contribution is -2.44. The Kier molecular flexibility index (Phi) is 5.09. The van der Waals surface area contributed by atoms with Crippen LogP contribution in [0.1, 0.15) is 20.8 Å². The van der Waals surface area contributed by atoms with Crippen molar-refractivity contribution in [1.29, 1.82) is 0 Å². The highest BCUT2D eigenvalue weighted by Gasteiger charge is 2.31. The van der Waals surface area contributed by atoms with Gasteiger partial charge in [-0.3, -0.25) is 9.59 Å². The molecular weight excluding hydrogens is 182 g/mol. The van der Waals surface area contributed by atoms with Gasteiger partial charge < -0.3 is 10.8 Å². The van der Waals surface area contributed by atoms with Crippen LogP contribution in [0.2, 0.25) is 0 Å². The van der Waals surface area contributed by atoms with Crippen LogP contribution in [0.25, 0.3) is 0 Å². The second-order valence-electron chi connectivity index (χ2n) is 3.54. The molecule has 0 aliphatic rings. The Morgan fingerprint density at radius 2 is 1.86 bits per heavy atom. The van der Waals surface area contributed by atoms with E-state index in [0.717, 1.165) is 0 Å². The second kappa shape index (κ2) is 5.54. The summed E-state index contributed by atoms with van der Waals surface area (Å²) in [6.45, 7) is 5.28. The van der Waals surface area contributed by atoms with Gasteiger partial charge in [0.05, 0.1) is 0 Å². The molecule has 0 heterocycles. The van der Waals surface area contributed by atoms with E-state index in [1.165, 1.54) is 6.08 Å². The van der Waals surface area contributed by atoms with Crippen molar-refractivity contribution < 1.29 is 14.7 Å². The summed E-state index contributed by atoms with van der Waals surface area (Å²) in [4.78, 5) is 22.2. The molecule has 0 radical (unpaired) electrons. The zero-order valence-corrected chi connectivity index (χ0v) is 8.73. The minimum Gasteiger partial charge on any atom is -0.480 e. The fourth-order valence-electron chi connectivity index (χ4n) is 1.35. The number of carboxylic acids is 1. The van der Waals surface area contributed by atoms with Crippen molar-refractivity contribution in [2.24, 2.45) is 17.6 Å². The first kappa shape index (κ1) is 12.8. The van der Waals surface area contributed by atoms with E-state index in [1.54, 1.807) is 26.8 Å². The smallest absolute Gasteiger partial charge is 0.321 e. The van der Waals surface area contributed by atoms with E-state index in [1.807, 2.05) is 0 Å². The lowest BCUT2D eigenvalue weighted by atomic mass is 9.85. The van der Waals surface area contributed by atoms with Crippen molar-refractivity contribution in [2.45, 2.75) is 26.8 Å². The Hall–Kier alpha value is -1.16. The number of allylic oxidation sites excluding steroid dienone is 2. The van der Waals surface area contributed by atoms with E-state index < -0.39 is 17.9 Å². The molecule has 4 heteroatoms. The van der Waals surface area contributed by atoms with Crippen molar-refractivity contribution in [3.8, 4) is 0 Å². The van der Waals surface area contributed by atoms with Crippen LogP contribution in [-0.2, 0) is 9.59 Å². The van der Waals surface area contributed by atoms with Crippen LogP contribution >= 0.6 is 0 Å². The summed E-state index contributed by atoms with van der Waals surface area (Å²) in [5, 5.41) is 8.72. The van der Waals surface area contributed by atoms with Gasteiger partial charge in [-0.25, -0.2) is 0 Å². The second-order valence-corrected chi connectivity index (χ2v) is 3.54. The summed E-state index contributed by atoms with van der Waals surface area (Å²) in [7, 11) is 0. The minimum absolute atomic E-state index is 0.0789. The molecule has 80 valence electrons. The van der Waals surface area contributed by atoms with Gasteiger partial charge in [-0.2, -0.15) is 0 Å². The van der Waals surface area contributed by atoms with Crippen molar-refractivity contribution in [1.82, 2.24) is 0 Å². The Morgan fingerprint density at radius 3 is 2.14 bits per heavy atom. The predicted octanol–water partition coefficient (Wildman–Crippen LogP) is 0.816. The summed E-state index contributed by atoms with van der Waals surface area (Å²) < 4.78 is 0. The van der Waals surface area contributed by atoms with E-state index in [2.05, 4.69) is 0 Å². The Morgan fingerprint density at radius 1 is 1.36 bits per heavy atom. The minimum atomic E-state index is -1.14. The molecule has 0 spiro atoms. The average molecular weight is 199 g/mol. The molecule has 0 aromatic carbocycles. The van der Waals surface area contributed by atoms with E-state index in [4.69, 9.17) is 10.8 Å². The van der Waals surface area contributed by atoms with E-state index in [9.17, 15) is 9.59 Å². The number of carbonyl (C=O) groups is 2. The molecule has 0 aromatic heterocycles. The molecule has 0 amide bonds. The maximum atomic E-state index is 11.5. The quantitative estimate of drug-likeness (QED) is 0.642. The van der Waals surface area contributed by atoms with Crippen LogP contribution in [0.5, 0.6) is 0 Å². The number of aliphatic carboxylic acids is 1. The average Bonchev–Trinajstić information content (AvgIpc) is 2.03. The summed E-state index contributed by atoms with van der Waals surface area (Å²) in [5.74, 6) is -2.09. The van der Waals surface area contributed by atoms with Crippen molar-refractivity contribution >= 4 is 11.8 Å². The van der Waals surface area contributed by atoms with Crippen LogP contribution in [0.3, 0.4) is 0 Å². The zero-order chi connectivity index (χ0) is 11.3. The summed E-state index contributed by atoms with van der Waals surface area (Å²) in [6, 6.07) is -1.13. The van der Waals surface area contributed by atoms with Crippen LogP contribution < -0.4 is 5.73 Å². The molecule has 0 aromatic rings. The lowest BCUT2D eigenvalue weighted by molar-refractivity contribution is -0.142. The summed E-state index contributed by atoms with van der Waals surface area (Å²) in [5.41, 5.74) is 5.44. The molecule has 0 aliphatic carbocycles. The van der Waals surface area contributed by atoms with Gasteiger partial charge in [0, 0.05) is 5.92 Å². The molecule has 2 atom stereocenters. The third-order valence-electron chi connectivity index (χ3n) is 2.05. The molecule has 3 N–H and O–H groups in total. The number of nitrogens with two attached hydrogens (primary N) is 1. The van der Waals surface area contributed by atoms with Gasteiger partial charge in [0.15, 0.2) is 5.78 Å². The SMILES string of the molecule is CC=CC(=O)C(C(C)C)[C@H](N)C(=O)O. The van der Waals surface area contributed by atoms with Crippen LogP contribution in [0.15, 0.2) is 12.2 Å². The summed E-state index contributed by atoms with van der Waals surface area (Å²) >= 11 is 0. The van der Waals surface area contributed by atoms with Gasteiger partial charge in [-0.15, -0.1) is 0 Å². The number of hydrogen-bond acceptors (Lipinski definition) is 3. The normalized spacial score (nSPS) is 15.8. The highest BCUT2D eigenvalue weighted by atomic mass is 16.4. The molecule has 0 fully saturated rings. The fraction of sp³-hybridized carbons (Fsp3) is 0.600. The number of ketones is 1. The molecule has 1 unspecified atom stereocenters. The lowest BCUT2D eigenvalue weighted by Gasteiger charge is -2.21. The van der Waals surface area contributed by atoms with Gasteiger partial charge >= 0.3 is 5.97 Å². The highest BCUT2D eigenvalue weighted by molar-refractivity contribution is 5.95. The number of carbonyl (C=O) groups excluding carboxylic acids is 1. The molecule has 14 heavy (non-hydrogen) atoms. The Bertz CT molecular complexity index is 246. The number of rotatable bonds is 5. The van der Waals surface area contributed by atoms with Gasteiger partial charge in [0.2, 0.25) is 0 Å². The molecule has 0 bridgehead atoms. The standard InChI is InChI=1S/C10H17NO3/c1-4-5-7(12)8(6(2)3)9(11)10(13)14/h4-6,8-9H,11H2,1-3H3,(H,13,14)/t8?,9-/m0/s1. The van der Waals surface area contributed by atoms with Crippen LogP contribution in [-0.4, -0.2) is 22.9 Å². The third kappa shape index (κ3) is 3.30. The van der Waals surface area contributed by atoms with Gasteiger partial charge in [-0.1, -0.05) is 19.9 Å². The fourth-order valence-corrected chi connectivity index (χ4v) is 1.35. The largest absolute Gasteiger partial charge is 0.480 e. The van der Waals surface area contributed by atoms with Crippen LogP contribution in [0.4, 0.5) is 0 Å². The Labute approximate surface area is 83.8 Å². The van der Waals surface area contributed by atoms with E-state index >= 15 is 0 Å². The maximum Gasteiger partial charge on any atom is 0.321 e. The van der Waals surface area contributed by atoms with Crippen molar-refractivity contribution in [3.05, 3.63) is 12.2 Å². The van der Waals surface area contributed by atoms with Crippen molar-refractivity contribution in [3.63, 3.8) is 0 Å². The topological polar surface area (TPSA) is 80.4 Å². The van der Waals surface area contributed by atoms with Gasteiger partial charge in [-0.05, 0) is 18.9 Å². The first-order valence-corrected chi connectivity index (χ1v) is 4.56. The van der Waals surface area contributed by atoms with E-state index in [0.29, 0.717) is 0 Å². The van der Waals surface area contributed by atoms with Gasteiger partial charge in [0.25, 0.3) is 0 Å².